The van der Waals surface area contributed by atoms with Crippen LogP contribution in [0.5, 0.6) is 11.5 Å². The van der Waals surface area contributed by atoms with E-state index in [9.17, 15) is 14.3 Å². The monoisotopic (exact) mass is 427 g/mol. The number of aromatic hydroxyl groups is 1. The zero-order valence-electron chi connectivity index (χ0n) is 16.5. The van der Waals surface area contributed by atoms with E-state index >= 15 is 0 Å². The largest absolute Gasteiger partial charge is 0.504 e. The average molecular weight is 428 g/mol. The lowest BCUT2D eigenvalue weighted by atomic mass is 10.2. The Labute approximate surface area is 178 Å². The van der Waals surface area contributed by atoms with Gasteiger partial charge in [0.2, 0.25) is 0 Å². The first-order chi connectivity index (χ1) is 14.5. The molecule has 4 rings (SSSR count). The fourth-order valence-electron chi connectivity index (χ4n) is 3.42. The number of carbonyl (C=O) groups excluding carboxylic acids is 1. The highest BCUT2D eigenvalue weighted by molar-refractivity contribution is 8.18. The number of halogens is 1. The number of amides is 1. The van der Waals surface area contributed by atoms with E-state index in [1.165, 1.54) is 17.8 Å². The molecule has 0 aromatic heterocycles. The van der Waals surface area contributed by atoms with Gasteiger partial charge in [-0.3, -0.25) is 4.79 Å². The minimum absolute atomic E-state index is 0.0639. The Morgan fingerprint density at radius 2 is 1.90 bits per heavy atom. The van der Waals surface area contributed by atoms with E-state index in [1.807, 2.05) is 17.9 Å². The molecule has 0 saturated carbocycles. The third kappa shape index (κ3) is 4.28. The summed E-state index contributed by atoms with van der Waals surface area (Å²) in [6.07, 6.45) is 1.75. The minimum Gasteiger partial charge on any atom is -0.504 e. The maximum Gasteiger partial charge on any atom is 0.286 e. The molecule has 0 aliphatic carbocycles. The van der Waals surface area contributed by atoms with Crippen LogP contribution < -0.4 is 9.64 Å². The number of piperazine rings is 1. The van der Waals surface area contributed by atoms with Crippen LogP contribution in [0.3, 0.4) is 0 Å². The lowest BCUT2D eigenvalue weighted by Gasteiger charge is -2.36. The van der Waals surface area contributed by atoms with Crippen LogP contribution in [0.15, 0.2) is 52.4 Å². The predicted molar refractivity (Wildman–Crippen MR) is 117 cm³/mol. The first-order valence-corrected chi connectivity index (χ1v) is 10.6. The molecule has 8 heteroatoms. The van der Waals surface area contributed by atoms with Crippen molar-refractivity contribution in [2.24, 2.45) is 4.99 Å². The molecule has 156 valence electrons. The SMILES string of the molecule is CCOc1cc(C=C2SC(N3CCN(c4ccccc4F)CC3)=NC2=O)ccc1O. The molecule has 1 fully saturated rings. The van der Waals surface area contributed by atoms with Crippen LogP contribution in [-0.2, 0) is 4.79 Å². The minimum atomic E-state index is -0.280. The Hall–Kier alpha value is -3.00. The van der Waals surface area contributed by atoms with Gasteiger partial charge in [-0.1, -0.05) is 18.2 Å². The lowest BCUT2D eigenvalue weighted by Crippen LogP contribution is -2.48. The summed E-state index contributed by atoms with van der Waals surface area (Å²) in [4.78, 5) is 21.2. The number of phenols is 1. The van der Waals surface area contributed by atoms with Crippen LogP contribution in [0.1, 0.15) is 12.5 Å². The van der Waals surface area contributed by atoms with Gasteiger partial charge >= 0.3 is 0 Å². The summed E-state index contributed by atoms with van der Waals surface area (Å²) in [5.41, 5.74) is 1.36. The van der Waals surface area contributed by atoms with Gasteiger partial charge in [0.25, 0.3) is 5.91 Å². The van der Waals surface area contributed by atoms with Crippen LogP contribution in [0, 0.1) is 5.82 Å². The molecule has 2 heterocycles. The molecule has 0 spiro atoms. The number of hydrogen-bond acceptors (Lipinski definition) is 6. The number of amidine groups is 1. The predicted octanol–water partition coefficient (Wildman–Crippen LogP) is 3.72. The number of ether oxygens (including phenoxy) is 1. The fraction of sp³-hybridized carbons (Fsp3) is 0.273. The summed E-state index contributed by atoms with van der Waals surface area (Å²) in [6.45, 7) is 4.91. The summed E-state index contributed by atoms with van der Waals surface area (Å²) in [5, 5.41) is 10.5. The van der Waals surface area contributed by atoms with Crippen molar-refractivity contribution < 1.29 is 19.0 Å². The first kappa shape index (κ1) is 20.3. The lowest BCUT2D eigenvalue weighted by molar-refractivity contribution is -0.113. The van der Waals surface area contributed by atoms with Gasteiger partial charge in [0.1, 0.15) is 5.82 Å². The molecule has 2 aliphatic heterocycles. The van der Waals surface area contributed by atoms with E-state index in [1.54, 1.807) is 36.4 Å². The van der Waals surface area contributed by atoms with Crippen molar-refractivity contribution in [2.75, 3.05) is 37.7 Å². The maximum absolute atomic E-state index is 14.0. The van der Waals surface area contributed by atoms with Crippen LogP contribution in [0.4, 0.5) is 10.1 Å². The van der Waals surface area contributed by atoms with Crippen molar-refractivity contribution in [1.29, 1.82) is 0 Å². The molecule has 1 saturated heterocycles. The van der Waals surface area contributed by atoms with E-state index in [2.05, 4.69) is 9.89 Å². The standard InChI is InChI=1S/C22H22FN3O3S/c1-2-29-19-13-15(7-8-18(19)27)14-20-21(28)24-22(30-20)26-11-9-25(10-12-26)17-6-4-3-5-16(17)23/h3-8,13-14,27H,2,9-12H2,1H3. The molecular formula is C22H22FN3O3S. The van der Waals surface area contributed by atoms with Gasteiger partial charge < -0.3 is 19.6 Å². The van der Waals surface area contributed by atoms with Crippen molar-refractivity contribution in [3.05, 3.63) is 58.8 Å². The molecule has 30 heavy (non-hydrogen) atoms. The van der Waals surface area contributed by atoms with Gasteiger partial charge in [-0.25, -0.2) is 4.39 Å². The first-order valence-electron chi connectivity index (χ1n) is 9.78. The van der Waals surface area contributed by atoms with Gasteiger partial charge in [-0.15, -0.1) is 0 Å². The summed E-state index contributed by atoms with van der Waals surface area (Å²) < 4.78 is 19.4. The molecule has 2 aromatic carbocycles. The molecule has 0 atom stereocenters. The molecule has 0 radical (unpaired) electrons. The van der Waals surface area contributed by atoms with Crippen LogP contribution in [0.2, 0.25) is 0 Å². The van der Waals surface area contributed by atoms with Crippen molar-refractivity contribution in [2.45, 2.75) is 6.92 Å². The average Bonchev–Trinajstić information content (AvgIpc) is 3.11. The number of anilines is 1. The molecule has 2 aromatic rings. The summed E-state index contributed by atoms with van der Waals surface area (Å²) >= 11 is 1.34. The number of phenolic OH excluding ortho intramolecular Hbond substituents is 1. The molecule has 1 N–H and O–H groups in total. The number of carbonyl (C=O) groups is 1. The molecule has 0 unspecified atom stereocenters. The van der Waals surface area contributed by atoms with Crippen molar-refractivity contribution >= 4 is 34.6 Å². The molecular weight excluding hydrogens is 405 g/mol. The number of hydrogen-bond donors (Lipinski definition) is 1. The van der Waals surface area contributed by atoms with E-state index in [0.29, 0.717) is 54.3 Å². The van der Waals surface area contributed by atoms with E-state index < -0.39 is 0 Å². The van der Waals surface area contributed by atoms with Crippen LogP contribution >= 0.6 is 11.8 Å². The van der Waals surface area contributed by atoms with Crippen molar-refractivity contribution in [1.82, 2.24) is 4.90 Å². The van der Waals surface area contributed by atoms with Gasteiger partial charge in [0, 0.05) is 26.2 Å². The number of nitrogens with zero attached hydrogens (tertiary/aromatic N) is 3. The van der Waals surface area contributed by atoms with Gasteiger partial charge in [0.15, 0.2) is 16.7 Å². The highest BCUT2D eigenvalue weighted by atomic mass is 32.2. The quantitative estimate of drug-likeness (QED) is 0.751. The smallest absolute Gasteiger partial charge is 0.286 e. The second-order valence-electron chi connectivity index (χ2n) is 6.90. The molecule has 1 amide bonds. The van der Waals surface area contributed by atoms with E-state index in [0.717, 1.165) is 5.56 Å². The Morgan fingerprint density at radius 3 is 2.63 bits per heavy atom. The number of thioether (sulfide) groups is 1. The van der Waals surface area contributed by atoms with Crippen molar-refractivity contribution in [3.8, 4) is 11.5 Å². The Bertz CT molecular complexity index is 1020. The second kappa shape index (κ2) is 8.79. The number of para-hydroxylation sites is 1. The maximum atomic E-state index is 14.0. The summed E-state index contributed by atoms with van der Waals surface area (Å²) in [7, 11) is 0. The van der Waals surface area contributed by atoms with E-state index in [-0.39, 0.29) is 17.5 Å². The zero-order valence-corrected chi connectivity index (χ0v) is 17.4. The molecule has 6 nitrogen and oxygen atoms in total. The van der Waals surface area contributed by atoms with E-state index in [4.69, 9.17) is 4.74 Å². The fourth-order valence-corrected chi connectivity index (χ4v) is 4.39. The van der Waals surface area contributed by atoms with Gasteiger partial charge in [-0.2, -0.15) is 4.99 Å². The number of benzene rings is 2. The zero-order chi connectivity index (χ0) is 21.1. The topological polar surface area (TPSA) is 65.4 Å². The molecule has 0 bridgehead atoms. The summed E-state index contributed by atoms with van der Waals surface area (Å²) in [6, 6.07) is 11.7. The van der Waals surface area contributed by atoms with Crippen LogP contribution in [0.25, 0.3) is 6.08 Å². The van der Waals surface area contributed by atoms with Crippen LogP contribution in [-0.4, -0.2) is 53.9 Å². The van der Waals surface area contributed by atoms with Gasteiger partial charge in [0.05, 0.1) is 17.2 Å². The number of rotatable bonds is 4. The Morgan fingerprint density at radius 1 is 1.17 bits per heavy atom. The molecule has 2 aliphatic rings. The second-order valence-corrected chi connectivity index (χ2v) is 7.90. The highest BCUT2D eigenvalue weighted by Crippen LogP contribution is 2.33. The number of aliphatic imine (C=N–C) groups is 1. The Balaban J connectivity index is 1.42. The third-order valence-corrected chi connectivity index (χ3v) is 5.98. The summed E-state index contributed by atoms with van der Waals surface area (Å²) in [5.74, 6) is -0.0569. The van der Waals surface area contributed by atoms with Crippen molar-refractivity contribution in [3.63, 3.8) is 0 Å². The van der Waals surface area contributed by atoms with Gasteiger partial charge in [-0.05, 0) is 54.6 Å². The normalized spacial score (nSPS) is 18.1. The Kier molecular flexibility index (Phi) is 5.94. The highest BCUT2D eigenvalue weighted by Gasteiger charge is 2.29. The third-order valence-electron chi connectivity index (χ3n) is 4.93.